The predicted molar refractivity (Wildman–Crippen MR) is 87.7 cm³/mol. The summed E-state index contributed by atoms with van der Waals surface area (Å²) in [6.07, 6.45) is -3.26. The van der Waals surface area contributed by atoms with Crippen LogP contribution in [0, 0.1) is 0 Å². The SMILES string of the molecule is CC(=O)N[C@H]1[C@@H](OC(C)=O)[C@@H](OC(C)=O)[C@@H](COC(C)=O)O[C@H]1CCN. The minimum atomic E-state index is -1.07. The van der Waals surface area contributed by atoms with Crippen LogP contribution in [0.15, 0.2) is 0 Å². The highest BCUT2D eigenvalue weighted by Crippen LogP contribution is 2.28. The van der Waals surface area contributed by atoms with Crippen LogP contribution in [0.25, 0.3) is 0 Å². The average molecular weight is 374 g/mol. The number of hydrogen-bond donors (Lipinski definition) is 2. The van der Waals surface area contributed by atoms with E-state index in [0.29, 0.717) is 6.42 Å². The maximum atomic E-state index is 11.6. The Labute approximate surface area is 151 Å². The maximum Gasteiger partial charge on any atom is 0.303 e. The van der Waals surface area contributed by atoms with E-state index < -0.39 is 48.4 Å². The first-order chi connectivity index (χ1) is 12.1. The number of amides is 1. The first-order valence-corrected chi connectivity index (χ1v) is 8.26. The van der Waals surface area contributed by atoms with Crippen molar-refractivity contribution < 1.29 is 38.1 Å². The van der Waals surface area contributed by atoms with Crippen LogP contribution in [0.4, 0.5) is 0 Å². The van der Waals surface area contributed by atoms with Gasteiger partial charge in [0.15, 0.2) is 12.2 Å². The molecule has 0 aromatic rings. The molecule has 1 rings (SSSR count). The number of carbonyl (C=O) groups is 4. The van der Waals surface area contributed by atoms with Gasteiger partial charge in [0, 0.05) is 27.7 Å². The molecule has 26 heavy (non-hydrogen) atoms. The molecule has 1 amide bonds. The molecule has 1 fully saturated rings. The van der Waals surface area contributed by atoms with E-state index in [1.54, 1.807) is 0 Å². The van der Waals surface area contributed by atoms with E-state index in [-0.39, 0.29) is 19.1 Å². The molecule has 3 N–H and O–H groups in total. The van der Waals surface area contributed by atoms with Crippen molar-refractivity contribution in [2.24, 2.45) is 5.73 Å². The van der Waals surface area contributed by atoms with Gasteiger partial charge in [-0.2, -0.15) is 0 Å². The summed E-state index contributed by atoms with van der Waals surface area (Å²) in [6.45, 7) is 4.95. The van der Waals surface area contributed by atoms with Crippen molar-refractivity contribution in [3.05, 3.63) is 0 Å². The molecule has 1 aliphatic rings. The molecule has 0 spiro atoms. The molecule has 0 aliphatic carbocycles. The van der Waals surface area contributed by atoms with E-state index >= 15 is 0 Å². The second-order valence-electron chi connectivity index (χ2n) is 5.97. The van der Waals surface area contributed by atoms with Crippen molar-refractivity contribution >= 4 is 23.8 Å². The van der Waals surface area contributed by atoms with Gasteiger partial charge in [0.1, 0.15) is 12.7 Å². The van der Waals surface area contributed by atoms with Gasteiger partial charge in [0.05, 0.1) is 12.1 Å². The molecule has 1 saturated heterocycles. The standard InChI is InChI=1S/C16H26N2O8/c1-8(19)18-14-12(5-6-17)26-13(7-23-9(2)20)15(24-10(3)21)16(14)25-11(4)22/h12-16H,5-7,17H2,1-4H3,(H,18,19)/t12-,13+,14+,15-,16+/m0/s1. The predicted octanol–water partition coefficient (Wildman–Crippen LogP) is -0.966. The van der Waals surface area contributed by atoms with Gasteiger partial charge in [0.25, 0.3) is 0 Å². The van der Waals surface area contributed by atoms with Crippen molar-refractivity contribution in [3.63, 3.8) is 0 Å². The highest BCUT2D eigenvalue weighted by molar-refractivity contribution is 5.73. The minimum Gasteiger partial charge on any atom is -0.463 e. The lowest BCUT2D eigenvalue weighted by Gasteiger charge is -2.45. The van der Waals surface area contributed by atoms with Crippen molar-refractivity contribution in [2.45, 2.75) is 64.6 Å². The molecule has 148 valence electrons. The number of rotatable bonds is 7. The zero-order chi connectivity index (χ0) is 19.9. The second-order valence-corrected chi connectivity index (χ2v) is 5.97. The molecule has 0 bridgehead atoms. The van der Waals surface area contributed by atoms with Crippen LogP contribution < -0.4 is 11.1 Å². The summed E-state index contributed by atoms with van der Waals surface area (Å²) in [4.78, 5) is 45.9. The van der Waals surface area contributed by atoms with Gasteiger partial charge in [-0.25, -0.2) is 0 Å². The smallest absolute Gasteiger partial charge is 0.303 e. The normalized spacial score (nSPS) is 28.0. The summed E-state index contributed by atoms with van der Waals surface area (Å²) < 4.78 is 21.5. The van der Waals surface area contributed by atoms with Crippen LogP contribution in [0.1, 0.15) is 34.1 Å². The molecule has 10 heteroatoms. The lowest BCUT2D eigenvalue weighted by Crippen LogP contribution is -2.66. The minimum absolute atomic E-state index is 0.209. The summed E-state index contributed by atoms with van der Waals surface area (Å²) in [5.41, 5.74) is 5.61. The molecule has 0 unspecified atom stereocenters. The Balaban J connectivity index is 3.22. The molecule has 0 saturated carbocycles. The molecule has 1 aliphatic heterocycles. The Morgan fingerprint density at radius 1 is 0.923 bits per heavy atom. The average Bonchev–Trinajstić information content (AvgIpc) is 2.50. The van der Waals surface area contributed by atoms with Crippen LogP contribution in [-0.4, -0.2) is 67.4 Å². The zero-order valence-corrected chi connectivity index (χ0v) is 15.4. The van der Waals surface area contributed by atoms with E-state index in [1.807, 2.05) is 0 Å². The van der Waals surface area contributed by atoms with Crippen molar-refractivity contribution in [1.82, 2.24) is 5.32 Å². The summed E-state index contributed by atoms with van der Waals surface area (Å²) in [6, 6.07) is -0.780. The molecule has 0 aromatic carbocycles. The fourth-order valence-electron chi connectivity index (χ4n) is 2.84. The van der Waals surface area contributed by atoms with E-state index in [4.69, 9.17) is 24.7 Å². The summed E-state index contributed by atoms with van der Waals surface area (Å²) >= 11 is 0. The van der Waals surface area contributed by atoms with Gasteiger partial charge in [-0.05, 0) is 13.0 Å². The first-order valence-electron chi connectivity index (χ1n) is 8.26. The highest BCUT2D eigenvalue weighted by atomic mass is 16.6. The monoisotopic (exact) mass is 374 g/mol. The fraction of sp³-hybridized carbons (Fsp3) is 0.750. The van der Waals surface area contributed by atoms with Gasteiger partial charge in [-0.3, -0.25) is 19.2 Å². The maximum absolute atomic E-state index is 11.6. The van der Waals surface area contributed by atoms with E-state index in [9.17, 15) is 19.2 Å². The quantitative estimate of drug-likeness (QED) is 0.425. The molecule has 1 heterocycles. The van der Waals surface area contributed by atoms with Gasteiger partial charge >= 0.3 is 17.9 Å². The van der Waals surface area contributed by atoms with Crippen LogP contribution in [0.5, 0.6) is 0 Å². The van der Waals surface area contributed by atoms with E-state index in [1.165, 1.54) is 27.7 Å². The van der Waals surface area contributed by atoms with Gasteiger partial charge in [-0.15, -0.1) is 0 Å². The molecule has 0 aromatic heterocycles. The largest absolute Gasteiger partial charge is 0.463 e. The fourth-order valence-corrected chi connectivity index (χ4v) is 2.84. The number of carbonyl (C=O) groups excluding carboxylic acids is 4. The van der Waals surface area contributed by atoms with Crippen LogP contribution in [-0.2, 0) is 38.1 Å². The molecular formula is C16H26N2O8. The number of nitrogens with one attached hydrogen (secondary N) is 1. The molecule has 0 radical (unpaired) electrons. The molecule has 10 nitrogen and oxygen atoms in total. The van der Waals surface area contributed by atoms with Gasteiger partial charge in [0.2, 0.25) is 5.91 Å². The van der Waals surface area contributed by atoms with Gasteiger partial charge < -0.3 is 30.0 Å². The summed E-state index contributed by atoms with van der Waals surface area (Å²) in [5, 5.41) is 2.66. The van der Waals surface area contributed by atoms with E-state index in [2.05, 4.69) is 5.32 Å². The number of nitrogens with two attached hydrogens (primary N) is 1. The Kier molecular flexibility index (Phi) is 8.46. The number of ether oxygens (including phenoxy) is 4. The second kappa shape index (κ2) is 10.1. The van der Waals surface area contributed by atoms with Crippen molar-refractivity contribution in [3.8, 4) is 0 Å². The molecular weight excluding hydrogens is 348 g/mol. The lowest BCUT2D eigenvalue weighted by atomic mass is 9.90. The Morgan fingerprint density at radius 3 is 1.96 bits per heavy atom. The van der Waals surface area contributed by atoms with E-state index in [0.717, 1.165) is 0 Å². The van der Waals surface area contributed by atoms with Crippen molar-refractivity contribution in [2.75, 3.05) is 13.2 Å². The number of esters is 3. The third-order valence-electron chi connectivity index (χ3n) is 3.67. The topological polar surface area (TPSA) is 143 Å². The first kappa shape index (κ1) is 21.8. The zero-order valence-electron chi connectivity index (χ0n) is 15.4. The third-order valence-corrected chi connectivity index (χ3v) is 3.67. The lowest BCUT2D eigenvalue weighted by molar-refractivity contribution is -0.224. The summed E-state index contributed by atoms with van der Waals surface area (Å²) in [7, 11) is 0. The van der Waals surface area contributed by atoms with Crippen LogP contribution in [0.2, 0.25) is 0 Å². The highest BCUT2D eigenvalue weighted by Gasteiger charge is 2.50. The third kappa shape index (κ3) is 6.60. The van der Waals surface area contributed by atoms with Gasteiger partial charge in [-0.1, -0.05) is 0 Å². The Morgan fingerprint density at radius 2 is 1.50 bits per heavy atom. The van der Waals surface area contributed by atoms with Crippen LogP contribution >= 0.6 is 0 Å². The molecule has 5 atom stereocenters. The number of hydrogen-bond acceptors (Lipinski definition) is 9. The van der Waals surface area contributed by atoms with Crippen LogP contribution in [0.3, 0.4) is 0 Å². The Hall–Kier alpha value is -2.20. The Bertz CT molecular complexity index is 538. The summed E-state index contributed by atoms with van der Waals surface area (Å²) in [5.74, 6) is -2.18. The van der Waals surface area contributed by atoms with Crippen molar-refractivity contribution in [1.29, 1.82) is 0 Å².